The van der Waals surface area contributed by atoms with E-state index in [4.69, 9.17) is 16.3 Å². The highest BCUT2D eigenvalue weighted by molar-refractivity contribution is 6.30. The Kier molecular flexibility index (Phi) is 3.67. The van der Waals surface area contributed by atoms with Crippen LogP contribution in [0.3, 0.4) is 0 Å². The number of carbonyl (C=O) groups is 1. The Bertz CT molecular complexity index is 578. The topological polar surface area (TPSA) is 44.1 Å². The van der Waals surface area contributed by atoms with E-state index in [1.807, 2.05) is 6.92 Å². The van der Waals surface area contributed by atoms with Crippen LogP contribution >= 0.6 is 11.6 Å². The predicted molar refractivity (Wildman–Crippen MR) is 70.3 cm³/mol. The van der Waals surface area contributed by atoms with Gasteiger partial charge in [-0.15, -0.1) is 0 Å². The Morgan fingerprint density at radius 3 is 2.78 bits per heavy atom. The number of benzene rings is 1. The Labute approximate surface area is 110 Å². The van der Waals surface area contributed by atoms with Crippen molar-refractivity contribution >= 4 is 17.9 Å². The first kappa shape index (κ1) is 12.6. The highest BCUT2D eigenvalue weighted by atomic mass is 35.5. The summed E-state index contributed by atoms with van der Waals surface area (Å²) in [4.78, 5) is 10.9. The Morgan fingerprint density at radius 2 is 2.22 bits per heavy atom. The maximum atomic E-state index is 10.9. The molecule has 4 nitrogen and oxygen atoms in total. The number of ether oxygens (including phenoxy) is 1. The molecule has 0 N–H and O–H groups in total. The van der Waals surface area contributed by atoms with Gasteiger partial charge in [0.2, 0.25) is 0 Å². The third-order valence-electron chi connectivity index (χ3n) is 2.67. The Morgan fingerprint density at radius 1 is 1.44 bits per heavy atom. The van der Waals surface area contributed by atoms with Gasteiger partial charge in [0.1, 0.15) is 11.4 Å². The summed E-state index contributed by atoms with van der Waals surface area (Å²) in [6.45, 7) is 2.57. The normalized spacial score (nSPS) is 10.4. The zero-order valence-electron chi connectivity index (χ0n) is 10.2. The van der Waals surface area contributed by atoms with Gasteiger partial charge in [0.25, 0.3) is 0 Å². The number of halogens is 1. The number of aryl methyl sites for hydroxylation is 1. The van der Waals surface area contributed by atoms with Crippen molar-refractivity contribution in [2.45, 2.75) is 13.5 Å². The van der Waals surface area contributed by atoms with Crippen molar-refractivity contribution in [3.63, 3.8) is 0 Å². The van der Waals surface area contributed by atoms with E-state index in [-0.39, 0.29) is 0 Å². The van der Waals surface area contributed by atoms with Crippen LogP contribution in [-0.4, -0.2) is 23.2 Å². The number of methoxy groups -OCH3 is 1. The number of nitrogens with zero attached hydrogens (tertiary/aromatic N) is 2. The van der Waals surface area contributed by atoms with Gasteiger partial charge in [-0.25, -0.2) is 0 Å². The largest absolute Gasteiger partial charge is 0.496 e. The average molecular weight is 265 g/mol. The van der Waals surface area contributed by atoms with Gasteiger partial charge in [-0.2, -0.15) is 5.10 Å². The smallest absolute Gasteiger partial charge is 0.168 e. The van der Waals surface area contributed by atoms with Crippen molar-refractivity contribution in [2.24, 2.45) is 0 Å². The highest BCUT2D eigenvalue weighted by Crippen LogP contribution is 2.31. The monoisotopic (exact) mass is 264 g/mol. The first-order valence-electron chi connectivity index (χ1n) is 5.56. The molecule has 0 aliphatic rings. The van der Waals surface area contributed by atoms with Gasteiger partial charge in [0.15, 0.2) is 6.29 Å². The Balaban J connectivity index is 2.57. The fraction of sp³-hybridized carbons (Fsp3) is 0.231. The van der Waals surface area contributed by atoms with E-state index in [1.165, 1.54) is 0 Å². The van der Waals surface area contributed by atoms with Crippen LogP contribution < -0.4 is 4.74 Å². The molecular formula is C13H13ClN2O2. The molecule has 18 heavy (non-hydrogen) atoms. The third kappa shape index (κ3) is 2.24. The van der Waals surface area contributed by atoms with Crippen molar-refractivity contribution in [1.29, 1.82) is 0 Å². The standard InChI is InChI=1S/C13H13ClN2O2/c1-3-16-10(8-17)7-12(15-16)11-6-9(14)4-5-13(11)18-2/h4-8H,3H2,1-2H3. The van der Waals surface area contributed by atoms with Gasteiger partial charge in [0, 0.05) is 17.1 Å². The van der Waals surface area contributed by atoms with Crippen LogP contribution in [0.1, 0.15) is 17.4 Å². The van der Waals surface area contributed by atoms with Crippen LogP contribution in [-0.2, 0) is 6.54 Å². The number of rotatable bonds is 4. The highest BCUT2D eigenvalue weighted by Gasteiger charge is 2.12. The van der Waals surface area contributed by atoms with Gasteiger partial charge in [-0.05, 0) is 31.2 Å². The second-order valence-electron chi connectivity index (χ2n) is 3.73. The molecule has 1 aromatic carbocycles. The molecule has 0 saturated heterocycles. The van der Waals surface area contributed by atoms with E-state index in [9.17, 15) is 4.79 Å². The van der Waals surface area contributed by atoms with E-state index < -0.39 is 0 Å². The third-order valence-corrected chi connectivity index (χ3v) is 2.90. The molecule has 0 fully saturated rings. The minimum atomic E-state index is 0.537. The lowest BCUT2D eigenvalue weighted by Crippen LogP contribution is -2.01. The number of aldehydes is 1. The van der Waals surface area contributed by atoms with Gasteiger partial charge < -0.3 is 4.74 Å². The van der Waals surface area contributed by atoms with Crippen LogP contribution in [0.2, 0.25) is 5.02 Å². The minimum Gasteiger partial charge on any atom is -0.496 e. The molecule has 0 amide bonds. The second-order valence-corrected chi connectivity index (χ2v) is 4.17. The maximum absolute atomic E-state index is 10.9. The van der Waals surface area contributed by atoms with Crippen LogP contribution in [0, 0.1) is 0 Å². The fourth-order valence-electron chi connectivity index (χ4n) is 1.79. The molecule has 0 saturated carbocycles. The molecule has 94 valence electrons. The molecule has 0 atom stereocenters. The molecule has 0 bridgehead atoms. The molecule has 5 heteroatoms. The van der Waals surface area contributed by atoms with E-state index in [0.29, 0.717) is 28.7 Å². The quantitative estimate of drug-likeness (QED) is 0.797. The lowest BCUT2D eigenvalue weighted by molar-refractivity contribution is 0.111. The minimum absolute atomic E-state index is 0.537. The van der Waals surface area contributed by atoms with Crippen LogP contribution in [0.4, 0.5) is 0 Å². The van der Waals surface area contributed by atoms with Crippen LogP contribution in [0.15, 0.2) is 24.3 Å². The van der Waals surface area contributed by atoms with Crippen LogP contribution in [0.5, 0.6) is 5.75 Å². The first-order valence-corrected chi connectivity index (χ1v) is 5.94. The van der Waals surface area contributed by atoms with Crippen molar-refractivity contribution in [1.82, 2.24) is 9.78 Å². The van der Waals surface area contributed by atoms with Gasteiger partial charge in [-0.3, -0.25) is 9.48 Å². The van der Waals surface area contributed by atoms with Gasteiger partial charge >= 0.3 is 0 Å². The summed E-state index contributed by atoms with van der Waals surface area (Å²) in [5.41, 5.74) is 1.99. The summed E-state index contributed by atoms with van der Waals surface area (Å²) in [5, 5.41) is 4.97. The summed E-state index contributed by atoms with van der Waals surface area (Å²) in [6.07, 6.45) is 0.789. The molecule has 2 aromatic rings. The summed E-state index contributed by atoms with van der Waals surface area (Å²) in [6, 6.07) is 7.03. The molecular weight excluding hydrogens is 252 g/mol. The zero-order chi connectivity index (χ0) is 13.1. The van der Waals surface area contributed by atoms with Gasteiger partial charge in [0.05, 0.1) is 12.8 Å². The van der Waals surface area contributed by atoms with E-state index in [2.05, 4.69) is 5.10 Å². The summed E-state index contributed by atoms with van der Waals surface area (Å²) >= 11 is 5.98. The van der Waals surface area contributed by atoms with E-state index in [1.54, 1.807) is 36.1 Å². The maximum Gasteiger partial charge on any atom is 0.168 e. The summed E-state index contributed by atoms with van der Waals surface area (Å²) < 4.78 is 6.92. The molecule has 1 aromatic heterocycles. The van der Waals surface area contributed by atoms with Crippen molar-refractivity contribution < 1.29 is 9.53 Å². The molecule has 0 aliphatic carbocycles. The summed E-state index contributed by atoms with van der Waals surface area (Å²) in [7, 11) is 1.59. The van der Waals surface area contributed by atoms with Crippen molar-refractivity contribution in [3.8, 4) is 17.0 Å². The van der Waals surface area contributed by atoms with Crippen molar-refractivity contribution in [3.05, 3.63) is 35.0 Å². The first-order chi connectivity index (χ1) is 8.69. The lowest BCUT2D eigenvalue weighted by Gasteiger charge is -2.06. The molecule has 0 radical (unpaired) electrons. The second kappa shape index (κ2) is 5.23. The number of aromatic nitrogens is 2. The lowest BCUT2D eigenvalue weighted by atomic mass is 10.1. The molecule has 0 unspecified atom stereocenters. The van der Waals surface area contributed by atoms with E-state index >= 15 is 0 Å². The van der Waals surface area contributed by atoms with Gasteiger partial charge in [-0.1, -0.05) is 11.6 Å². The average Bonchev–Trinajstić information content (AvgIpc) is 2.81. The number of hydrogen-bond donors (Lipinski definition) is 0. The SMILES string of the molecule is CCn1nc(-c2cc(Cl)ccc2OC)cc1C=O. The van der Waals surface area contributed by atoms with Crippen LogP contribution in [0.25, 0.3) is 11.3 Å². The molecule has 0 aliphatic heterocycles. The molecule has 1 heterocycles. The molecule has 0 spiro atoms. The number of carbonyl (C=O) groups excluding carboxylic acids is 1. The van der Waals surface area contributed by atoms with E-state index in [0.717, 1.165) is 11.8 Å². The van der Waals surface area contributed by atoms with Crippen molar-refractivity contribution in [2.75, 3.05) is 7.11 Å². The predicted octanol–water partition coefficient (Wildman–Crippen LogP) is 3.04. The summed E-state index contributed by atoms with van der Waals surface area (Å²) in [5.74, 6) is 0.678. The number of hydrogen-bond acceptors (Lipinski definition) is 3. The fourth-order valence-corrected chi connectivity index (χ4v) is 1.96. The molecule has 2 rings (SSSR count). The Hall–Kier alpha value is -1.81. The zero-order valence-corrected chi connectivity index (χ0v) is 10.9.